The van der Waals surface area contributed by atoms with E-state index >= 15 is 0 Å². The minimum absolute atomic E-state index is 0.0342. The molecule has 2 aromatic heterocycles. The van der Waals surface area contributed by atoms with Gasteiger partial charge in [-0.2, -0.15) is 5.10 Å². The smallest absolute Gasteiger partial charge is 0.247 e. The second kappa shape index (κ2) is 8.84. The summed E-state index contributed by atoms with van der Waals surface area (Å²) in [6, 6.07) is 12.0. The molecule has 1 aliphatic rings. The Morgan fingerprint density at radius 3 is 2.63 bits per heavy atom. The number of aromatic nitrogens is 3. The molecule has 0 spiro atoms. The fraction of sp³-hybridized carbons (Fsp3) is 0.292. The molecule has 0 unspecified atom stereocenters. The minimum Gasteiger partial charge on any atom is -0.332 e. The van der Waals surface area contributed by atoms with E-state index in [-0.39, 0.29) is 5.91 Å². The molecule has 1 amide bonds. The van der Waals surface area contributed by atoms with Gasteiger partial charge in [0.15, 0.2) is 0 Å². The normalized spacial score (nSPS) is 13.7. The molecule has 30 heavy (non-hydrogen) atoms. The number of hydrogen-bond acceptors (Lipinski definition) is 3. The molecule has 1 aliphatic carbocycles. The van der Waals surface area contributed by atoms with Crippen LogP contribution in [0.4, 0.5) is 0 Å². The lowest BCUT2D eigenvalue weighted by Crippen LogP contribution is -2.31. The molecule has 1 fully saturated rings. The molecule has 0 saturated heterocycles. The van der Waals surface area contributed by atoms with Gasteiger partial charge in [0.1, 0.15) is 0 Å². The van der Waals surface area contributed by atoms with Crippen molar-refractivity contribution in [2.45, 2.75) is 45.8 Å². The first-order valence-corrected chi connectivity index (χ1v) is 10.6. The van der Waals surface area contributed by atoms with E-state index in [0.717, 1.165) is 45.9 Å². The number of pyridine rings is 1. The van der Waals surface area contributed by atoms with E-state index in [0.29, 0.717) is 19.1 Å². The minimum atomic E-state index is 0.0342. The molecule has 0 N–H and O–H groups in total. The molecular weight excluding hydrogens is 396 g/mol. The maximum absolute atomic E-state index is 12.9. The Kier molecular flexibility index (Phi) is 6.00. The Labute approximate surface area is 182 Å². The number of carbonyl (C=O) groups excluding carboxylic acids is 1. The van der Waals surface area contributed by atoms with Crippen molar-refractivity contribution < 1.29 is 4.79 Å². The van der Waals surface area contributed by atoms with Crippen molar-refractivity contribution in [1.29, 1.82) is 0 Å². The Morgan fingerprint density at radius 2 is 1.93 bits per heavy atom. The molecule has 154 valence electrons. The predicted molar refractivity (Wildman–Crippen MR) is 119 cm³/mol. The van der Waals surface area contributed by atoms with Gasteiger partial charge in [-0.25, -0.2) is 0 Å². The van der Waals surface area contributed by atoms with Crippen molar-refractivity contribution in [3.05, 3.63) is 88.0 Å². The highest BCUT2D eigenvalue weighted by Crippen LogP contribution is 2.29. The second-order valence-corrected chi connectivity index (χ2v) is 8.13. The maximum atomic E-state index is 12.9. The van der Waals surface area contributed by atoms with E-state index in [2.05, 4.69) is 10.1 Å². The third-order valence-electron chi connectivity index (χ3n) is 5.48. The summed E-state index contributed by atoms with van der Waals surface area (Å²) >= 11 is 6.30. The highest BCUT2D eigenvalue weighted by Gasteiger charge is 2.31. The van der Waals surface area contributed by atoms with E-state index < -0.39 is 0 Å². The number of aryl methyl sites for hydroxylation is 1. The van der Waals surface area contributed by atoms with Crippen LogP contribution in [0.3, 0.4) is 0 Å². The zero-order valence-electron chi connectivity index (χ0n) is 17.3. The van der Waals surface area contributed by atoms with Crippen LogP contribution in [0.5, 0.6) is 0 Å². The van der Waals surface area contributed by atoms with Gasteiger partial charge in [-0.3, -0.25) is 14.5 Å². The van der Waals surface area contributed by atoms with Gasteiger partial charge in [0, 0.05) is 47.3 Å². The molecule has 4 rings (SSSR count). The van der Waals surface area contributed by atoms with Crippen LogP contribution in [-0.2, 0) is 17.9 Å². The number of benzene rings is 1. The average Bonchev–Trinajstić information content (AvgIpc) is 3.55. The summed E-state index contributed by atoms with van der Waals surface area (Å²) in [5.74, 6) is 0.0342. The molecule has 0 aliphatic heterocycles. The first-order chi connectivity index (χ1) is 14.5. The quantitative estimate of drug-likeness (QED) is 0.516. The lowest BCUT2D eigenvalue weighted by molar-refractivity contribution is -0.127. The zero-order valence-corrected chi connectivity index (χ0v) is 18.0. The van der Waals surface area contributed by atoms with Gasteiger partial charge >= 0.3 is 0 Å². The summed E-state index contributed by atoms with van der Waals surface area (Å²) in [6.45, 7) is 5.21. The number of carbonyl (C=O) groups is 1. The number of nitrogens with zero attached hydrogens (tertiary/aromatic N) is 4. The van der Waals surface area contributed by atoms with Crippen LogP contribution in [0.1, 0.15) is 40.9 Å². The van der Waals surface area contributed by atoms with E-state index in [1.165, 1.54) is 0 Å². The van der Waals surface area contributed by atoms with Gasteiger partial charge in [-0.05, 0) is 62.1 Å². The number of amides is 1. The fourth-order valence-electron chi connectivity index (χ4n) is 3.60. The second-order valence-electron chi connectivity index (χ2n) is 7.72. The Balaban J connectivity index is 1.51. The van der Waals surface area contributed by atoms with Crippen molar-refractivity contribution in [2.24, 2.45) is 0 Å². The number of halogens is 1. The summed E-state index contributed by atoms with van der Waals surface area (Å²) in [5.41, 5.74) is 5.02. The molecule has 5 nitrogen and oxygen atoms in total. The summed E-state index contributed by atoms with van der Waals surface area (Å²) in [6.07, 6.45) is 9.24. The van der Waals surface area contributed by atoms with Crippen molar-refractivity contribution in [3.63, 3.8) is 0 Å². The van der Waals surface area contributed by atoms with Crippen LogP contribution in [0.15, 0.2) is 54.9 Å². The third-order valence-corrected chi connectivity index (χ3v) is 5.85. The van der Waals surface area contributed by atoms with E-state index in [1.54, 1.807) is 18.5 Å². The van der Waals surface area contributed by atoms with Crippen molar-refractivity contribution >= 4 is 23.6 Å². The molecular formula is C24H25ClN4O. The molecule has 0 radical (unpaired) electrons. The van der Waals surface area contributed by atoms with E-state index in [1.807, 2.05) is 65.9 Å². The standard InChI is InChI=1S/C24H25ClN4O/c1-17-22(18(2)29(27-17)16-20-5-3-4-6-23(20)25)9-10-24(30)28(21-7-8-21)15-19-11-13-26-14-12-19/h3-6,9-14,21H,7-8,15-16H2,1-2H3/b10-9+. The first-order valence-electron chi connectivity index (χ1n) is 10.2. The molecule has 0 atom stereocenters. The maximum Gasteiger partial charge on any atom is 0.247 e. The van der Waals surface area contributed by atoms with Crippen molar-refractivity contribution in [3.8, 4) is 0 Å². The summed E-state index contributed by atoms with van der Waals surface area (Å²) in [4.78, 5) is 19.0. The fourth-order valence-corrected chi connectivity index (χ4v) is 3.80. The Bertz CT molecular complexity index is 1070. The summed E-state index contributed by atoms with van der Waals surface area (Å²) in [5, 5.41) is 5.39. The lowest BCUT2D eigenvalue weighted by atomic mass is 10.1. The first kappa shape index (κ1) is 20.4. The van der Waals surface area contributed by atoms with Crippen LogP contribution in [0.2, 0.25) is 5.02 Å². The molecule has 2 heterocycles. The largest absolute Gasteiger partial charge is 0.332 e. The topological polar surface area (TPSA) is 51.0 Å². The highest BCUT2D eigenvalue weighted by molar-refractivity contribution is 6.31. The highest BCUT2D eigenvalue weighted by atomic mass is 35.5. The third kappa shape index (κ3) is 4.62. The summed E-state index contributed by atoms with van der Waals surface area (Å²) in [7, 11) is 0. The molecule has 6 heteroatoms. The van der Waals surface area contributed by atoms with Crippen molar-refractivity contribution in [1.82, 2.24) is 19.7 Å². The van der Waals surface area contributed by atoms with E-state index in [4.69, 9.17) is 11.6 Å². The van der Waals surface area contributed by atoms with Crippen molar-refractivity contribution in [2.75, 3.05) is 0 Å². The van der Waals surface area contributed by atoms with E-state index in [9.17, 15) is 4.79 Å². The van der Waals surface area contributed by atoms with Crippen LogP contribution in [-0.4, -0.2) is 31.6 Å². The van der Waals surface area contributed by atoms with Gasteiger partial charge in [0.25, 0.3) is 0 Å². The Hall–Kier alpha value is -2.92. The molecule has 0 bridgehead atoms. The van der Waals surface area contributed by atoms with Gasteiger partial charge in [0.05, 0.1) is 12.2 Å². The van der Waals surface area contributed by atoms with Gasteiger partial charge in [0.2, 0.25) is 5.91 Å². The van der Waals surface area contributed by atoms with Crippen LogP contribution >= 0.6 is 11.6 Å². The molecule has 1 saturated carbocycles. The van der Waals surface area contributed by atoms with Gasteiger partial charge in [-0.15, -0.1) is 0 Å². The number of hydrogen-bond donors (Lipinski definition) is 0. The lowest BCUT2D eigenvalue weighted by Gasteiger charge is -2.20. The predicted octanol–water partition coefficient (Wildman–Crippen LogP) is 4.80. The van der Waals surface area contributed by atoms with Gasteiger partial charge < -0.3 is 4.90 Å². The molecule has 1 aromatic carbocycles. The van der Waals surface area contributed by atoms with Crippen LogP contribution < -0.4 is 0 Å². The zero-order chi connectivity index (χ0) is 21.1. The summed E-state index contributed by atoms with van der Waals surface area (Å²) < 4.78 is 1.94. The monoisotopic (exact) mass is 420 g/mol. The molecule has 3 aromatic rings. The average molecular weight is 421 g/mol. The van der Waals surface area contributed by atoms with Crippen LogP contribution in [0, 0.1) is 13.8 Å². The number of rotatable bonds is 7. The van der Waals surface area contributed by atoms with Crippen LogP contribution in [0.25, 0.3) is 6.08 Å². The Morgan fingerprint density at radius 1 is 1.20 bits per heavy atom. The van der Waals surface area contributed by atoms with Gasteiger partial charge in [-0.1, -0.05) is 29.8 Å². The SMILES string of the molecule is Cc1nn(Cc2ccccc2Cl)c(C)c1/C=C/C(=O)N(Cc1ccncc1)C1CC1.